The topological polar surface area (TPSA) is 43.8 Å². The summed E-state index contributed by atoms with van der Waals surface area (Å²) in [5.74, 6) is -0.911. The Morgan fingerprint density at radius 3 is 2.12 bits per heavy atom. The molecule has 0 radical (unpaired) electrons. The van der Waals surface area contributed by atoms with Crippen molar-refractivity contribution in [1.82, 2.24) is 0 Å². The molecule has 0 fully saturated rings. The molecule has 3 aromatic rings. The van der Waals surface area contributed by atoms with Crippen molar-refractivity contribution in [2.75, 3.05) is 38.0 Å². The number of anilines is 2. The van der Waals surface area contributed by atoms with Crippen LogP contribution in [0.2, 0.25) is 13.1 Å². The molecule has 4 rings (SSSR count). The minimum atomic E-state index is -1.97. The van der Waals surface area contributed by atoms with Crippen LogP contribution in [-0.2, 0) is 0 Å². The summed E-state index contributed by atoms with van der Waals surface area (Å²) in [5.41, 5.74) is 6.85. The van der Waals surface area contributed by atoms with Crippen LogP contribution in [0.4, 0.5) is 11.4 Å². The first kappa shape index (κ1) is 24.4. The summed E-state index contributed by atoms with van der Waals surface area (Å²) in [6.45, 7) is 6.86. The zero-order valence-electron chi connectivity index (χ0n) is 19.7. The number of benzene rings is 2. The second-order valence-corrected chi connectivity index (χ2v) is 14.6. The van der Waals surface area contributed by atoms with Crippen LogP contribution in [0.25, 0.3) is 0 Å². The number of rotatable bonds is 4. The second-order valence-electron chi connectivity index (χ2n) is 9.36. The van der Waals surface area contributed by atoms with E-state index in [2.05, 4.69) is 87.5 Å². The van der Waals surface area contributed by atoms with E-state index < -0.39 is 14.0 Å². The SMILES string of the molecule is Cc1csc(C(=O)O)c1C1c2cc(N(C)C)ccc2[Si](C)(C)c2cc(N(C)C)ccc21.Cl. The number of carboxylic acids is 1. The maximum atomic E-state index is 12.2. The standard InChI is InChI=1S/C25H30N2O2SSi.ClH/c1-15-14-30-24(25(28)29)22(15)23-18-10-8-17(27(4)5)13-21(18)31(6,7)20-11-9-16(26(2)3)12-19(20)23;/h8-14,23H,1-7H3,(H,28,29);1H. The molecule has 1 aromatic heterocycles. The fraction of sp³-hybridized carbons (Fsp3) is 0.320. The third-order valence-electron chi connectivity index (χ3n) is 6.58. The Hall–Kier alpha value is -2.28. The molecule has 0 aliphatic carbocycles. The number of fused-ring (bicyclic) bond motifs is 2. The van der Waals surface area contributed by atoms with Crippen molar-refractivity contribution in [2.24, 2.45) is 0 Å². The highest BCUT2D eigenvalue weighted by molar-refractivity contribution is 7.12. The Morgan fingerprint density at radius 1 is 0.938 bits per heavy atom. The molecule has 170 valence electrons. The van der Waals surface area contributed by atoms with Gasteiger partial charge in [-0.2, -0.15) is 0 Å². The summed E-state index contributed by atoms with van der Waals surface area (Å²) < 4.78 is 0. The van der Waals surface area contributed by atoms with Gasteiger partial charge in [0.05, 0.1) is 0 Å². The molecule has 7 heteroatoms. The van der Waals surface area contributed by atoms with E-state index in [-0.39, 0.29) is 18.3 Å². The quantitative estimate of drug-likeness (QED) is 0.546. The Labute approximate surface area is 201 Å². The van der Waals surface area contributed by atoms with E-state index in [1.165, 1.54) is 38.5 Å². The first-order chi connectivity index (χ1) is 14.5. The van der Waals surface area contributed by atoms with E-state index in [1.54, 1.807) is 0 Å². The van der Waals surface area contributed by atoms with Gasteiger partial charge in [0.2, 0.25) is 0 Å². The van der Waals surface area contributed by atoms with Crippen molar-refractivity contribution in [2.45, 2.75) is 25.9 Å². The Morgan fingerprint density at radius 2 is 1.53 bits per heavy atom. The highest BCUT2D eigenvalue weighted by Gasteiger charge is 2.41. The highest BCUT2D eigenvalue weighted by atomic mass is 35.5. The fourth-order valence-corrected chi connectivity index (χ4v) is 8.97. The zero-order chi connectivity index (χ0) is 22.7. The Kier molecular flexibility index (Phi) is 6.53. The first-order valence-corrected chi connectivity index (χ1v) is 14.4. The van der Waals surface area contributed by atoms with E-state index in [0.717, 1.165) is 16.8 Å². The van der Waals surface area contributed by atoms with Crippen molar-refractivity contribution in [3.8, 4) is 0 Å². The molecule has 1 unspecified atom stereocenters. The van der Waals surface area contributed by atoms with Crippen LogP contribution in [0.15, 0.2) is 41.8 Å². The number of halogens is 1. The summed E-state index contributed by atoms with van der Waals surface area (Å²) in [4.78, 5) is 16.9. The normalized spacial score (nSPS) is 15.9. The molecule has 0 spiro atoms. The molecule has 1 N–H and O–H groups in total. The highest BCUT2D eigenvalue weighted by Crippen LogP contribution is 2.42. The predicted molar refractivity (Wildman–Crippen MR) is 142 cm³/mol. The maximum Gasteiger partial charge on any atom is 0.346 e. The van der Waals surface area contributed by atoms with E-state index in [4.69, 9.17) is 0 Å². The van der Waals surface area contributed by atoms with Crippen LogP contribution < -0.4 is 20.2 Å². The summed E-state index contributed by atoms with van der Waals surface area (Å²) in [7, 11) is 6.27. The average molecular weight is 487 g/mol. The number of aromatic carboxylic acids is 1. The number of hydrogen-bond donors (Lipinski definition) is 1. The summed E-state index contributed by atoms with van der Waals surface area (Å²) in [6.07, 6.45) is 0. The lowest BCUT2D eigenvalue weighted by atomic mass is 9.82. The molecule has 0 bridgehead atoms. The largest absolute Gasteiger partial charge is 0.477 e. The molecule has 2 aromatic carbocycles. The third-order valence-corrected chi connectivity index (χ3v) is 11.3. The van der Waals surface area contributed by atoms with E-state index >= 15 is 0 Å². The monoisotopic (exact) mass is 486 g/mol. The number of thiophene rings is 1. The number of carbonyl (C=O) groups is 1. The number of carboxylic acid groups (broad SMARTS) is 1. The molecular formula is C25H31ClN2O2SSi. The Balaban J connectivity index is 0.00000289. The number of nitrogens with zero attached hydrogens (tertiary/aromatic N) is 2. The third kappa shape index (κ3) is 3.74. The van der Waals surface area contributed by atoms with E-state index in [1.807, 2.05) is 12.3 Å². The molecule has 4 nitrogen and oxygen atoms in total. The van der Waals surface area contributed by atoms with Crippen LogP contribution in [0.3, 0.4) is 0 Å². The minimum absolute atomic E-state index is 0. The van der Waals surface area contributed by atoms with Crippen LogP contribution in [0, 0.1) is 6.92 Å². The van der Waals surface area contributed by atoms with Crippen LogP contribution in [0.1, 0.15) is 37.8 Å². The average Bonchev–Trinajstić information content (AvgIpc) is 3.09. The molecule has 0 saturated heterocycles. The van der Waals surface area contributed by atoms with Gasteiger partial charge in [-0.3, -0.25) is 0 Å². The molecule has 0 amide bonds. The van der Waals surface area contributed by atoms with Gasteiger partial charge in [-0.25, -0.2) is 4.79 Å². The van der Waals surface area contributed by atoms with Gasteiger partial charge in [-0.05, 0) is 64.0 Å². The fourth-order valence-electron chi connectivity index (χ4n) is 4.85. The lowest BCUT2D eigenvalue weighted by molar-refractivity contribution is 0.0701. The van der Waals surface area contributed by atoms with Crippen molar-refractivity contribution in [3.63, 3.8) is 0 Å². The lowest BCUT2D eigenvalue weighted by Gasteiger charge is -2.40. The lowest BCUT2D eigenvalue weighted by Crippen LogP contribution is -2.59. The van der Waals surface area contributed by atoms with Gasteiger partial charge in [-0.1, -0.05) is 30.4 Å². The number of hydrogen-bond acceptors (Lipinski definition) is 4. The minimum Gasteiger partial charge on any atom is -0.477 e. The van der Waals surface area contributed by atoms with Gasteiger partial charge in [0.1, 0.15) is 13.0 Å². The summed E-state index contributed by atoms with van der Waals surface area (Å²) in [5, 5.41) is 14.8. The second kappa shape index (κ2) is 8.58. The van der Waals surface area contributed by atoms with Crippen LogP contribution >= 0.6 is 23.7 Å². The van der Waals surface area contributed by atoms with Gasteiger partial charge < -0.3 is 14.9 Å². The van der Waals surface area contributed by atoms with Crippen molar-refractivity contribution in [3.05, 3.63) is 68.9 Å². The molecule has 1 aliphatic rings. The zero-order valence-corrected chi connectivity index (χ0v) is 22.3. The maximum absolute atomic E-state index is 12.2. The summed E-state index contributed by atoms with van der Waals surface area (Å²) in [6, 6.07) is 13.5. The van der Waals surface area contributed by atoms with Gasteiger partial charge in [0.15, 0.2) is 0 Å². The molecule has 32 heavy (non-hydrogen) atoms. The van der Waals surface area contributed by atoms with Crippen LogP contribution in [0.5, 0.6) is 0 Å². The van der Waals surface area contributed by atoms with E-state index in [9.17, 15) is 9.90 Å². The van der Waals surface area contributed by atoms with Crippen molar-refractivity contribution in [1.29, 1.82) is 0 Å². The molecular weight excluding hydrogens is 456 g/mol. The number of aryl methyl sites for hydroxylation is 1. The van der Waals surface area contributed by atoms with Crippen molar-refractivity contribution >= 4 is 59.5 Å². The molecule has 1 atom stereocenters. The van der Waals surface area contributed by atoms with Gasteiger partial charge >= 0.3 is 5.97 Å². The summed E-state index contributed by atoms with van der Waals surface area (Å²) >= 11 is 1.34. The molecule has 2 heterocycles. The smallest absolute Gasteiger partial charge is 0.346 e. The first-order valence-electron chi connectivity index (χ1n) is 10.5. The predicted octanol–water partition coefficient (Wildman–Crippen LogP) is 4.62. The van der Waals surface area contributed by atoms with Crippen LogP contribution in [-0.4, -0.2) is 47.3 Å². The van der Waals surface area contributed by atoms with Gasteiger partial charge in [-0.15, -0.1) is 23.7 Å². The van der Waals surface area contributed by atoms with E-state index in [0.29, 0.717) is 4.88 Å². The molecule has 0 saturated carbocycles. The Bertz CT molecular complexity index is 1190. The van der Waals surface area contributed by atoms with Crippen molar-refractivity contribution < 1.29 is 9.90 Å². The van der Waals surface area contributed by atoms with Gasteiger partial charge in [0.25, 0.3) is 0 Å². The molecule has 1 aliphatic heterocycles. The van der Waals surface area contributed by atoms with Gasteiger partial charge in [0, 0.05) is 45.5 Å².